The van der Waals surface area contributed by atoms with Crippen LogP contribution in [0.4, 0.5) is 16.2 Å². The number of hydrogen-bond donors (Lipinski definition) is 2. The number of nitro groups is 1. The van der Waals surface area contributed by atoms with Gasteiger partial charge in [0.15, 0.2) is 0 Å². The van der Waals surface area contributed by atoms with Crippen molar-refractivity contribution >= 4 is 57.9 Å². The number of rotatable bonds is 3. The molecule has 3 rings (SSSR count). The smallest absolute Gasteiger partial charge is 0.335 e. The standard InChI is InChI=1S/C18H12IN3O6/c1-9-2-4-11(5-3-9)21-17(25)12(16(24)20-18(21)26)6-10-7-13(19)15(23)14(8-10)22(27)28/h2-8,23H,1H3,(H,20,24,26)/b12-6+. The number of phenolic OH excluding ortho intramolecular Hbond substituents is 1. The Kier molecular flexibility index (Phi) is 5.14. The Hall–Kier alpha value is -3.28. The summed E-state index contributed by atoms with van der Waals surface area (Å²) in [4.78, 5) is 48.3. The van der Waals surface area contributed by atoms with Gasteiger partial charge in [-0.3, -0.25) is 25.0 Å². The number of amides is 4. The van der Waals surface area contributed by atoms with Crippen molar-refractivity contribution in [2.45, 2.75) is 6.92 Å². The molecule has 28 heavy (non-hydrogen) atoms. The molecule has 1 fully saturated rings. The van der Waals surface area contributed by atoms with Gasteiger partial charge in [-0.05, 0) is 59.4 Å². The van der Waals surface area contributed by atoms with Crippen LogP contribution in [0.25, 0.3) is 6.08 Å². The molecule has 0 unspecified atom stereocenters. The first-order chi connectivity index (χ1) is 13.2. The summed E-state index contributed by atoms with van der Waals surface area (Å²) < 4.78 is 0.175. The Morgan fingerprint density at radius 3 is 2.43 bits per heavy atom. The number of nitrogens with zero attached hydrogens (tertiary/aromatic N) is 2. The van der Waals surface area contributed by atoms with Crippen molar-refractivity contribution in [3.63, 3.8) is 0 Å². The van der Waals surface area contributed by atoms with E-state index in [9.17, 15) is 29.6 Å². The van der Waals surface area contributed by atoms with Crippen molar-refractivity contribution in [3.8, 4) is 5.75 Å². The lowest BCUT2D eigenvalue weighted by atomic mass is 10.1. The third kappa shape index (κ3) is 3.58. The van der Waals surface area contributed by atoms with E-state index in [2.05, 4.69) is 5.32 Å². The van der Waals surface area contributed by atoms with Gasteiger partial charge in [-0.1, -0.05) is 17.7 Å². The van der Waals surface area contributed by atoms with Gasteiger partial charge in [0.2, 0.25) is 5.75 Å². The van der Waals surface area contributed by atoms with Gasteiger partial charge in [0.1, 0.15) is 5.57 Å². The van der Waals surface area contributed by atoms with Gasteiger partial charge < -0.3 is 5.11 Å². The molecule has 0 saturated carbocycles. The number of benzene rings is 2. The summed E-state index contributed by atoms with van der Waals surface area (Å²) in [5.41, 5.74) is 0.430. The number of halogens is 1. The van der Waals surface area contributed by atoms with Crippen LogP contribution in [0.5, 0.6) is 5.75 Å². The Labute approximate surface area is 171 Å². The third-order valence-electron chi connectivity index (χ3n) is 3.97. The van der Waals surface area contributed by atoms with Crippen LogP contribution < -0.4 is 10.2 Å². The number of phenols is 1. The molecular weight excluding hydrogens is 481 g/mol. The third-order valence-corrected chi connectivity index (χ3v) is 4.79. The molecule has 2 N–H and O–H groups in total. The molecule has 0 bridgehead atoms. The van der Waals surface area contributed by atoms with Crippen LogP contribution in [0.15, 0.2) is 42.0 Å². The van der Waals surface area contributed by atoms with Gasteiger partial charge in [-0.2, -0.15) is 0 Å². The number of nitrogens with one attached hydrogen (secondary N) is 1. The van der Waals surface area contributed by atoms with Crippen molar-refractivity contribution in [1.29, 1.82) is 0 Å². The lowest BCUT2D eigenvalue weighted by Gasteiger charge is -2.26. The first-order valence-corrected chi connectivity index (χ1v) is 8.92. The second-order valence-corrected chi connectivity index (χ2v) is 7.08. The molecule has 1 aliphatic rings. The largest absolute Gasteiger partial charge is 0.501 e. The highest BCUT2D eigenvalue weighted by molar-refractivity contribution is 14.1. The van der Waals surface area contributed by atoms with E-state index in [1.807, 2.05) is 6.92 Å². The van der Waals surface area contributed by atoms with Gasteiger partial charge >= 0.3 is 11.7 Å². The van der Waals surface area contributed by atoms with Gasteiger partial charge in [0, 0.05) is 6.07 Å². The number of anilines is 1. The highest BCUT2D eigenvalue weighted by atomic mass is 127. The quantitative estimate of drug-likeness (QED) is 0.223. The van der Waals surface area contributed by atoms with Crippen LogP contribution >= 0.6 is 22.6 Å². The van der Waals surface area contributed by atoms with E-state index in [-0.39, 0.29) is 20.4 Å². The molecule has 2 aromatic rings. The average Bonchev–Trinajstić information content (AvgIpc) is 2.62. The number of aryl methyl sites for hydroxylation is 1. The van der Waals surface area contributed by atoms with Crippen molar-refractivity contribution in [2.24, 2.45) is 0 Å². The zero-order valence-corrected chi connectivity index (χ0v) is 16.5. The summed E-state index contributed by atoms with van der Waals surface area (Å²) >= 11 is 1.70. The number of urea groups is 1. The topological polar surface area (TPSA) is 130 Å². The molecule has 142 valence electrons. The van der Waals surface area contributed by atoms with E-state index in [0.717, 1.165) is 22.6 Å². The second-order valence-electron chi connectivity index (χ2n) is 5.92. The monoisotopic (exact) mass is 493 g/mol. The van der Waals surface area contributed by atoms with Crippen molar-refractivity contribution in [1.82, 2.24) is 5.32 Å². The number of aromatic hydroxyl groups is 1. The Bertz CT molecular complexity index is 1060. The van der Waals surface area contributed by atoms with Crippen LogP contribution in [0.1, 0.15) is 11.1 Å². The van der Waals surface area contributed by atoms with Gasteiger partial charge in [-0.25, -0.2) is 9.69 Å². The SMILES string of the molecule is Cc1ccc(N2C(=O)NC(=O)/C(=C\c3cc(I)c(O)c([N+](=O)[O-])c3)C2=O)cc1. The van der Waals surface area contributed by atoms with E-state index in [0.29, 0.717) is 0 Å². The molecular formula is C18H12IN3O6. The molecule has 1 saturated heterocycles. The highest BCUT2D eigenvalue weighted by Crippen LogP contribution is 2.33. The predicted molar refractivity (Wildman–Crippen MR) is 108 cm³/mol. The maximum Gasteiger partial charge on any atom is 0.335 e. The fourth-order valence-corrected chi connectivity index (χ4v) is 3.22. The summed E-state index contributed by atoms with van der Waals surface area (Å²) in [5.74, 6) is -2.28. The molecule has 9 nitrogen and oxygen atoms in total. The Balaban J connectivity index is 2.07. The molecule has 0 aromatic heterocycles. The summed E-state index contributed by atoms with van der Waals surface area (Å²) in [6.07, 6.45) is 1.14. The van der Waals surface area contributed by atoms with E-state index < -0.39 is 34.2 Å². The van der Waals surface area contributed by atoms with Gasteiger partial charge in [0.25, 0.3) is 11.8 Å². The van der Waals surface area contributed by atoms with Crippen molar-refractivity contribution < 1.29 is 24.4 Å². The summed E-state index contributed by atoms with van der Waals surface area (Å²) in [6, 6.07) is 8.08. The predicted octanol–water partition coefficient (Wildman–Crippen LogP) is 2.88. The Morgan fingerprint density at radius 1 is 1.18 bits per heavy atom. The first kappa shape index (κ1) is 19.5. The molecule has 2 aromatic carbocycles. The molecule has 0 aliphatic carbocycles. The Morgan fingerprint density at radius 2 is 1.82 bits per heavy atom. The normalized spacial score (nSPS) is 15.7. The van der Waals surface area contributed by atoms with E-state index >= 15 is 0 Å². The number of hydrogen-bond acceptors (Lipinski definition) is 6. The van der Waals surface area contributed by atoms with Crippen LogP contribution in [-0.4, -0.2) is 27.9 Å². The minimum atomic E-state index is -0.913. The van der Waals surface area contributed by atoms with Crippen LogP contribution in [0, 0.1) is 20.6 Å². The number of carbonyl (C=O) groups excluding carboxylic acids is 3. The fourth-order valence-electron chi connectivity index (χ4n) is 2.58. The maximum atomic E-state index is 12.8. The summed E-state index contributed by atoms with van der Waals surface area (Å²) in [6.45, 7) is 1.84. The van der Waals surface area contributed by atoms with Crippen molar-refractivity contribution in [2.75, 3.05) is 4.90 Å². The molecule has 1 heterocycles. The minimum Gasteiger partial charge on any atom is -0.501 e. The average molecular weight is 493 g/mol. The van der Waals surface area contributed by atoms with Crippen LogP contribution in [0.3, 0.4) is 0 Å². The van der Waals surface area contributed by atoms with E-state index in [4.69, 9.17) is 0 Å². The number of nitro benzene ring substituents is 1. The molecule has 1 aliphatic heterocycles. The van der Waals surface area contributed by atoms with E-state index in [1.165, 1.54) is 6.07 Å². The van der Waals surface area contributed by atoms with Gasteiger partial charge in [0.05, 0.1) is 14.2 Å². The molecule has 0 atom stereocenters. The highest BCUT2D eigenvalue weighted by Gasteiger charge is 2.37. The van der Waals surface area contributed by atoms with E-state index in [1.54, 1.807) is 46.9 Å². The maximum absolute atomic E-state index is 12.8. The van der Waals surface area contributed by atoms with Crippen molar-refractivity contribution in [3.05, 3.63) is 66.8 Å². The molecule has 4 amide bonds. The van der Waals surface area contributed by atoms with Crippen LogP contribution in [0.2, 0.25) is 0 Å². The minimum absolute atomic E-state index is 0.158. The number of carbonyl (C=O) groups is 3. The molecule has 10 heteroatoms. The molecule has 0 radical (unpaired) electrons. The summed E-state index contributed by atoms with van der Waals surface area (Å²) in [7, 11) is 0. The zero-order valence-electron chi connectivity index (χ0n) is 14.3. The fraction of sp³-hybridized carbons (Fsp3) is 0.0556. The van der Waals surface area contributed by atoms with Crippen LogP contribution in [-0.2, 0) is 9.59 Å². The first-order valence-electron chi connectivity index (χ1n) is 7.84. The molecule has 0 spiro atoms. The lowest BCUT2D eigenvalue weighted by Crippen LogP contribution is -2.54. The number of imide groups is 2. The van der Waals surface area contributed by atoms with Gasteiger partial charge in [-0.15, -0.1) is 0 Å². The lowest BCUT2D eigenvalue weighted by molar-refractivity contribution is -0.386. The number of barbiturate groups is 1. The second kappa shape index (κ2) is 7.38. The summed E-state index contributed by atoms with van der Waals surface area (Å²) in [5, 5.41) is 22.9. The zero-order chi connectivity index (χ0) is 20.6.